The largest absolute Gasteiger partial charge is 0.494 e. The van der Waals surface area contributed by atoms with Gasteiger partial charge in [-0.2, -0.15) is 0 Å². The minimum absolute atomic E-state index is 0.275. The first-order valence-corrected chi connectivity index (χ1v) is 7.79. The normalized spacial score (nSPS) is 10.3. The Morgan fingerprint density at radius 3 is 2.62 bits per heavy atom. The summed E-state index contributed by atoms with van der Waals surface area (Å²) in [6, 6.07) is 14.9. The lowest BCUT2D eigenvalue weighted by molar-refractivity contribution is 0.0697. The van der Waals surface area contributed by atoms with Crippen LogP contribution in [0.4, 0.5) is 0 Å². The molecule has 0 unspecified atom stereocenters. The topological polar surface area (TPSA) is 46.5 Å². The van der Waals surface area contributed by atoms with Crippen molar-refractivity contribution >= 4 is 17.7 Å². The third-order valence-corrected chi connectivity index (χ3v) is 4.00. The molecule has 0 aliphatic rings. The van der Waals surface area contributed by atoms with Crippen LogP contribution in [-0.4, -0.2) is 23.4 Å². The molecule has 0 aliphatic heterocycles. The van der Waals surface area contributed by atoms with Crippen molar-refractivity contribution in [3.05, 3.63) is 59.7 Å². The van der Waals surface area contributed by atoms with Gasteiger partial charge in [0.2, 0.25) is 0 Å². The highest BCUT2D eigenvalue weighted by atomic mass is 32.2. The van der Waals surface area contributed by atoms with E-state index in [1.807, 2.05) is 11.8 Å². The number of hydrogen-bond donors (Lipinski definition) is 1. The molecule has 0 atom stereocenters. The van der Waals surface area contributed by atoms with Crippen LogP contribution in [0.5, 0.6) is 5.75 Å². The molecule has 2 aromatic carbocycles. The summed E-state index contributed by atoms with van der Waals surface area (Å²) in [5.41, 5.74) is 1.55. The van der Waals surface area contributed by atoms with Crippen LogP contribution in [0.2, 0.25) is 0 Å². The molecule has 0 saturated carbocycles. The van der Waals surface area contributed by atoms with E-state index >= 15 is 0 Å². The van der Waals surface area contributed by atoms with Crippen molar-refractivity contribution in [3.63, 3.8) is 0 Å². The average molecular weight is 302 g/mol. The average Bonchev–Trinajstić information content (AvgIpc) is 2.47. The second kappa shape index (κ2) is 7.74. The Bertz CT molecular complexity index is 593. The fraction of sp³-hybridized carbons (Fsp3) is 0.235. The highest BCUT2D eigenvalue weighted by molar-refractivity contribution is 7.99. The second-order valence-corrected chi connectivity index (χ2v) is 5.86. The Morgan fingerprint density at radius 2 is 1.95 bits per heavy atom. The molecule has 110 valence electrons. The molecule has 4 heteroatoms. The van der Waals surface area contributed by atoms with Gasteiger partial charge in [-0.25, -0.2) is 4.79 Å². The molecule has 0 aliphatic carbocycles. The summed E-state index contributed by atoms with van der Waals surface area (Å²) in [7, 11) is 0. The molecule has 3 nitrogen and oxygen atoms in total. The summed E-state index contributed by atoms with van der Waals surface area (Å²) >= 11 is 1.82. The van der Waals surface area contributed by atoms with Crippen molar-refractivity contribution in [1.29, 1.82) is 0 Å². The van der Waals surface area contributed by atoms with Gasteiger partial charge in [-0.1, -0.05) is 17.7 Å². The van der Waals surface area contributed by atoms with Crippen molar-refractivity contribution in [2.75, 3.05) is 12.4 Å². The van der Waals surface area contributed by atoms with Crippen LogP contribution in [-0.2, 0) is 0 Å². The van der Waals surface area contributed by atoms with Crippen LogP contribution in [0, 0.1) is 6.92 Å². The number of ether oxygens (including phenoxy) is 1. The van der Waals surface area contributed by atoms with Crippen molar-refractivity contribution in [3.8, 4) is 5.75 Å². The highest BCUT2D eigenvalue weighted by Crippen LogP contribution is 2.20. The lowest BCUT2D eigenvalue weighted by Gasteiger charge is -2.06. The van der Waals surface area contributed by atoms with E-state index in [1.165, 1.54) is 10.5 Å². The Morgan fingerprint density at radius 1 is 1.19 bits per heavy atom. The van der Waals surface area contributed by atoms with Crippen molar-refractivity contribution < 1.29 is 14.6 Å². The van der Waals surface area contributed by atoms with Gasteiger partial charge in [0.05, 0.1) is 12.2 Å². The SMILES string of the molecule is Cc1cccc(SCCCOc2ccc(C(=O)O)cc2)c1. The summed E-state index contributed by atoms with van der Waals surface area (Å²) in [5, 5.41) is 8.81. The van der Waals surface area contributed by atoms with E-state index in [1.54, 1.807) is 24.3 Å². The van der Waals surface area contributed by atoms with Crippen molar-refractivity contribution in [2.45, 2.75) is 18.2 Å². The Balaban J connectivity index is 1.69. The third kappa shape index (κ3) is 5.16. The maximum absolute atomic E-state index is 10.7. The van der Waals surface area contributed by atoms with Gasteiger partial charge in [-0.3, -0.25) is 0 Å². The van der Waals surface area contributed by atoms with Crippen molar-refractivity contribution in [1.82, 2.24) is 0 Å². The summed E-state index contributed by atoms with van der Waals surface area (Å²) in [4.78, 5) is 12.0. The van der Waals surface area contributed by atoms with Gasteiger partial charge in [0.1, 0.15) is 5.75 Å². The van der Waals surface area contributed by atoms with Gasteiger partial charge in [-0.15, -0.1) is 11.8 Å². The molecule has 0 bridgehead atoms. The number of thioether (sulfide) groups is 1. The third-order valence-electron chi connectivity index (χ3n) is 2.92. The van der Waals surface area contributed by atoms with E-state index in [4.69, 9.17) is 9.84 Å². The highest BCUT2D eigenvalue weighted by Gasteiger charge is 2.02. The fourth-order valence-electron chi connectivity index (χ4n) is 1.84. The van der Waals surface area contributed by atoms with E-state index in [0.29, 0.717) is 12.4 Å². The lowest BCUT2D eigenvalue weighted by atomic mass is 10.2. The Kier molecular flexibility index (Phi) is 5.69. The minimum Gasteiger partial charge on any atom is -0.494 e. The van der Waals surface area contributed by atoms with E-state index in [0.717, 1.165) is 12.2 Å². The fourth-order valence-corrected chi connectivity index (χ4v) is 2.78. The number of hydrogen-bond acceptors (Lipinski definition) is 3. The quantitative estimate of drug-likeness (QED) is 0.613. The van der Waals surface area contributed by atoms with Gasteiger partial charge < -0.3 is 9.84 Å². The van der Waals surface area contributed by atoms with Crippen LogP contribution in [0.3, 0.4) is 0 Å². The molecule has 2 aromatic rings. The van der Waals surface area contributed by atoms with Crippen molar-refractivity contribution in [2.24, 2.45) is 0 Å². The Labute approximate surface area is 129 Å². The molecule has 0 amide bonds. The molecular weight excluding hydrogens is 284 g/mol. The minimum atomic E-state index is -0.920. The standard InChI is InChI=1S/C17H18O3S/c1-13-4-2-5-16(12-13)21-11-3-10-20-15-8-6-14(7-9-15)17(18)19/h2,4-9,12H,3,10-11H2,1H3,(H,18,19). The maximum atomic E-state index is 10.7. The van der Waals surface area contributed by atoms with Crippen LogP contribution < -0.4 is 4.74 Å². The van der Waals surface area contributed by atoms with Gasteiger partial charge in [-0.05, 0) is 49.7 Å². The number of carboxylic acids is 1. The smallest absolute Gasteiger partial charge is 0.335 e. The van der Waals surface area contributed by atoms with Gasteiger partial charge in [0.25, 0.3) is 0 Å². The zero-order valence-corrected chi connectivity index (χ0v) is 12.7. The monoisotopic (exact) mass is 302 g/mol. The Hall–Kier alpha value is -1.94. The predicted octanol–water partition coefficient (Wildman–Crippen LogP) is 4.25. The summed E-state index contributed by atoms with van der Waals surface area (Å²) in [6.45, 7) is 2.72. The summed E-state index contributed by atoms with van der Waals surface area (Å²) in [6.07, 6.45) is 0.944. The molecule has 1 N–H and O–H groups in total. The number of carboxylic acid groups (broad SMARTS) is 1. The molecule has 0 radical (unpaired) electrons. The molecule has 21 heavy (non-hydrogen) atoms. The zero-order chi connectivity index (χ0) is 15.1. The van der Waals surface area contributed by atoms with Crippen LogP contribution >= 0.6 is 11.8 Å². The summed E-state index contributed by atoms with van der Waals surface area (Å²) < 4.78 is 5.60. The number of aryl methyl sites for hydroxylation is 1. The molecular formula is C17H18O3S. The van der Waals surface area contributed by atoms with Crippen LogP contribution in [0.25, 0.3) is 0 Å². The molecule has 0 saturated heterocycles. The van der Waals surface area contributed by atoms with Gasteiger partial charge >= 0.3 is 5.97 Å². The zero-order valence-electron chi connectivity index (χ0n) is 11.9. The number of benzene rings is 2. The first-order chi connectivity index (χ1) is 10.1. The van der Waals surface area contributed by atoms with E-state index in [-0.39, 0.29) is 5.56 Å². The van der Waals surface area contributed by atoms with Crippen LogP contribution in [0.15, 0.2) is 53.4 Å². The molecule has 0 heterocycles. The molecule has 0 fully saturated rings. The number of aromatic carboxylic acids is 1. The first kappa shape index (κ1) is 15.4. The molecule has 0 aromatic heterocycles. The number of carbonyl (C=O) groups is 1. The molecule has 0 spiro atoms. The van der Waals surface area contributed by atoms with Gasteiger partial charge in [0.15, 0.2) is 0 Å². The number of rotatable bonds is 7. The first-order valence-electron chi connectivity index (χ1n) is 6.81. The van der Waals surface area contributed by atoms with E-state index < -0.39 is 5.97 Å². The van der Waals surface area contributed by atoms with E-state index in [9.17, 15) is 4.79 Å². The van der Waals surface area contributed by atoms with Gasteiger partial charge in [0, 0.05) is 10.6 Å². The second-order valence-electron chi connectivity index (χ2n) is 4.70. The molecule has 2 rings (SSSR count). The van der Waals surface area contributed by atoms with Crippen LogP contribution in [0.1, 0.15) is 22.3 Å². The maximum Gasteiger partial charge on any atom is 0.335 e. The predicted molar refractivity (Wildman–Crippen MR) is 85.4 cm³/mol. The van der Waals surface area contributed by atoms with E-state index in [2.05, 4.69) is 31.2 Å². The lowest BCUT2D eigenvalue weighted by Crippen LogP contribution is -2.00. The summed E-state index contributed by atoms with van der Waals surface area (Å²) in [5.74, 6) is 0.785.